The maximum Gasteiger partial charge on any atom is 0.251 e. The van der Waals surface area contributed by atoms with Gasteiger partial charge in [0, 0.05) is 50.7 Å². The highest BCUT2D eigenvalue weighted by molar-refractivity contribution is 6.07. The van der Waals surface area contributed by atoms with Crippen LogP contribution < -0.4 is 4.90 Å². The maximum atomic E-state index is 12.6. The summed E-state index contributed by atoms with van der Waals surface area (Å²) >= 11 is 0. The van der Waals surface area contributed by atoms with Crippen molar-refractivity contribution in [2.24, 2.45) is 0 Å². The van der Waals surface area contributed by atoms with Gasteiger partial charge in [-0.1, -0.05) is 6.07 Å². The molecule has 0 saturated carbocycles. The molecule has 2 fully saturated rings. The van der Waals surface area contributed by atoms with Crippen molar-refractivity contribution in [1.29, 1.82) is 0 Å². The molecule has 7 heteroatoms. The summed E-state index contributed by atoms with van der Waals surface area (Å²) in [6.45, 7) is 3.53. The Bertz CT molecular complexity index is 837. The van der Waals surface area contributed by atoms with Crippen LogP contribution in [0.15, 0.2) is 42.7 Å². The van der Waals surface area contributed by atoms with Gasteiger partial charge in [0.1, 0.15) is 17.6 Å². The molecule has 0 radical (unpaired) electrons. The Labute approximate surface area is 164 Å². The average Bonchev–Trinajstić information content (AvgIpc) is 3.18. The Hall–Kier alpha value is -2.80. The number of carbonyl (C=O) groups is 2. The van der Waals surface area contributed by atoms with Gasteiger partial charge >= 0.3 is 0 Å². The molecule has 7 nitrogen and oxygen atoms in total. The minimum absolute atomic E-state index is 0.104. The molecule has 0 aliphatic carbocycles. The van der Waals surface area contributed by atoms with E-state index in [9.17, 15) is 9.59 Å². The molecular formula is C21H24N4O3. The lowest BCUT2D eigenvalue weighted by atomic mass is 10.1. The standard InChI is InChI=1S/C21H24N4O3/c26-20(16-5-2-9-22-15-16)17-6-1-8-19(23-17)24-10-4-11-25(13-12-24)21(27)18-7-3-14-28-18/h1-2,5-6,8-9,15,18H,3-4,7,10-14H2. The van der Waals surface area contributed by atoms with Crippen LogP contribution in [0.1, 0.15) is 35.3 Å². The summed E-state index contributed by atoms with van der Waals surface area (Å²) in [6.07, 6.45) is 5.56. The van der Waals surface area contributed by atoms with Crippen LogP contribution in [0.4, 0.5) is 5.82 Å². The fourth-order valence-corrected chi connectivity index (χ4v) is 3.71. The van der Waals surface area contributed by atoms with Crippen molar-refractivity contribution in [3.63, 3.8) is 0 Å². The predicted octanol–water partition coefficient (Wildman–Crippen LogP) is 1.93. The molecule has 146 valence electrons. The molecule has 2 aromatic rings. The normalized spacial score (nSPS) is 20.1. The Morgan fingerprint density at radius 2 is 1.96 bits per heavy atom. The molecule has 2 saturated heterocycles. The molecule has 2 aromatic heterocycles. The molecule has 0 N–H and O–H groups in total. The zero-order valence-corrected chi connectivity index (χ0v) is 15.8. The third kappa shape index (κ3) is 4.04. The van der Waals surface area contributed by atoms with E-state index in [1.807, 2.05) is 17.0 Å². The van der Waals surface area contributed by atoms with Crippen molar-refractivity contribution < 1.29 is 14.3 Å². The Balaban J connectivity index is 1.44. The van der Waals surface area contributed by atoms with Crippen molar-refractivity contribution in [3.05, 3.63) is 54.0 Å². The van der Waals surface area contributed by atoms with Gasteiger partial charge < -0.3 is 14.5 Å². The second-order valence-electron chi connectivity index (χ2n) is 7.12. The molecule has 0 spiro atoms. The minimum atomic E-state index is -0.273. The van der Waals surface area contributed by atoms with E-state index in [0.29, 0.717) is 31.0 Å². The minimum Gasteiger partial charge on any atom is -0.368 e. The number of pyridine rings is 2. The second-order valence-corrected chi connectivity index (χ2v) is 7.12. The highest BCUT2D eigenvalue weighted by Gasteiger charge is 2.29. The summed E-state index contributed by atoms with van der Waals surface area (Å²) in [5, 5.41) is 0. The molecule has 0 aromatic carbocycles. The van der Waals surface area contributed by atoms with Gasteiger partial charge in [-0.25, -0.2) is 4.98 Å². The Kier molecular flexibility index (Phi) is 5.62. The number of rotatable bonds is 4. The van der Waals surface area contributed by atoms with E-state index in [-0.39, 0.29) is 17.8 Å². The van der Waals surface area contributed by atoms with Crippen LogP contribution in [-0.2, 0) is 9.53 Å². The third-order valence-corrected chi connectivity index (χ3v) is 5.23. The first-order chi connectivity index (χ1) is 13.7. The van der Waals surface area contributed by atoms with Crippen LogP contribution in [0, 0.1) is 0 Å². The van der Waals surface area contributed by atoms with E-state index in [1.165, 1.54) is 0 Å². The SMILES string of the molecule is O=C(c1cccnc1)c1cccc(N2CCCN(C(=O)C3CCCO3)CC2)n1. The number of amides is 1. The first kappa shape index (κ1) is 18.6. The molecular weight excluding hydrogens is 356 g/mol. The molecule has 2 aliphatic heterocycles. The third-order valence-electron chi connectivity index (χ3n) is 5.23. The molecule has 2 aliphatic rings. The van der Waals surface area contributed by atoms with Crippen molar-refractivity contribution >= 4 is 17.5 Å². The summed E-state index contributed by atoms with van der Waals surface area (Å²) in [4.78, 5) is 37.9. The monoisotopic (exact) mass is 380 g/mol. The Morgan fingerprint density at radius 1 is 1.04 bits per heavy atom. The van der Waals surface area contributed by atoms with Crippen LogP contribution in [0.3, 0.4) is 0 Å². The number of ether oxygens (including phenoxy) is 1. The van der Waals surface area contributed by atoms with E-state index in [4.69, 9.17) is 4.74 Å². The zero-order valence-electron chi connectivity index (χ0n) is 15.8. The highest BCUT2D eigenvalue weighted by atomic mass is 16.5. The van der Waals surface area contributed by atoms with Gasteiger partial charge in [0.25, 0.3) is 5.91 Å². The van der Waals surface area contributed by atoms with Gasteiger partial charge in [-0.15, -0.1) is 0 Å². The van der Waals surface area contributed by atoms with Crippen molar-refractivity contribution in [1.82, 2.24) is 14.9 Å². The fraction of sp³-hybridized carbons (Fsp3) is 0.429. The number of hydrogen-bond acceptors (Lipinski definition) is 6. The van der Waals surface area contributed by atoms with Gasteiger partial charge in [-0.3, -0.25) is 14.6 Å². The van der Waals surface area contributed by atoms with Crippen molar-refractivity contribution in [2.45, 2.75) is 25.4 Å². The predicted molar refractivity (Wildman–Crippen MR) is 104 cm³/mol. The number of anilines is 1. The largest absolute Gasteiger partial charge is 0.368 e. The molecule has 1 amide bonds. The average molecular weight is 380 g/mol. The summed E-state index contributed by atoms with van der Waals surface area (Å²) in [7, 11) is 0. The van der Waals surface area contributed by atoms with Crippen LogP contribution in [0.5, 0.6) is 0 Å². The van der Waals surface area contributed by atoms with Gasteiger partial charge in [0.2, 0.25) is 5.78 Å². The first-order valence-corrected chi connectivity index (χ1v) is 9.79. The number of nitrogens with zero attached hydrogens (tertiary/aromatic N) is 4. The topological polar surface area (TPSA) is 75.6 Å². The number of ketones is 1. The van der Waals surface area contributed by atoms with E-state index in [1.54, 1.807) is 30.6 Å². The van der Waals surface area contributed by atoms with E-state index >= 15 is 0 Å². The van der Waals surface area contributed by atoms with Crippen molar-refractivity contribution in [2.75, 3.05) is 37.7 Å². The summed E-state index contributed by atoms with van der Waals surface area (Å²) in [6, 6.07) is 8.98. The van der Waals surface area contributed by atoms with Crippen molar-refractivity contribution in [3.8, 4) is 0 Å². The molecule has 0 bridgehead atoms. The first-order valence-electron chi connectivity index (χ1n) is 9.79. The summed E-state index contributed by atoms with van der Waals surface area (Å²) in [5.41, 5.74) is 0.929. The molecule has 1 unspecified atom stereocenters. The molecule has 4 rings (SSSR count). The number of aromatic nitrogens is 2. The molecule has 1 atom stereocenters. The number of hydrogen-bond donors (Lipinski definition) is 0. The van der Waals surface area contributed by atoms with Gasteiger partial charge in [-0.2, -0.15) is 0 Å². The lowest BCUT2D eigenvalue weighted by Gasteiger charge is -2.24. The smallest absolute Gasteiger partial charge is 0.251 e. The Morgan fingerprint density at radius 3 is 2.75 bits per heavy atom. The lowest BCUT2D eigenvalue weighted by molar-refractivity contribution is -0.140. The van der Waals surface area contributed by atoms with Crippen LogP contribution in [0.2, 0.25) is 0 Å². The quantitative estimate of drug-likeness (QED) is 0.755. The summed E-state index contributed by atoms with van der Waals surface area (Å²) in [5.74, 6) is 0.730. The van der Waals surface area contributed by atoms with Crippen LogP contribution in [-0.4, -0.2) is 65.4 Å². The van der Waals surface area contributed by atoms with E-state index in [0.717, 1.165) is 38.2 Å². The fourth-order valence-electron chi connectivity index (χ4n) is 3.71. The maximum absolute atomic E-state index is 12.6. The zero-order chi connectivity index (χ0) is 19.3. The summed E-state index contributed by atoms with van der Waals surface area (Å²) < 4.78 is 5.54. The second kappa shape index (κ2) is 8.48. The van der Waals surface area contributed by atoms with Gasteiger partial charge in [0.15, 0.2) is 0 Å². The van der Waals surface area contributed by atoms with Crippen LogP contribution >= 0.6 is 0 Å². The lowest BCUT2D eigenvalue weighted by Crippen LogP contribution is -2.41. The molecule has 28 heavy (non-hydrogen) atoms. The van der Waals surface area contributed by atoms with Gasteiger partial charge in [0.05, 0.1) is 0 Å². The van der Waals surface area contributed by atoms with Crippen LogP contribution in [0.25, 0.3) is 0 Å². The van der Waals surface area contributed by atoms with E-state index in [2.05, 4.69) is 14.9 Å². The molecule has 4 heterocycles. The highest BCUT2D eigenvalue weighted by Crippen LogP contribution is 2.19. The number of carbonyl (C=O) groups excluding carboxylic acids is 2. The van der Waals surface area contributed by atoms with E-state index < -0.39 is 0 Å². The van der Waals surface area contributed by atoms with Gasteiger partial charge in [-0.05, 0) is 43.5 Å².